The first-order chi connectivity index (χ1) is 11.6. The number of ketones is 1. The minimum absolute atomic E-state index is 0.0628. The zero-order valence-electron chi connectivity index (χ0n) is 14.3. The number of benzene rings is 1. The smallest absolute Gasteiger partial charge is 0.223 e. The van der Waals surface area contributed by atoms with E-state index in [0.717, 1.165) is 36.9 Å². The standard InChI is InChI=1S/C18H25BrN2O3/c1-3-10-21(14-8-9-20-12-14)18(23)7-5-16(22)15-11-13(19)4-6-17(15)24-2/h4,6,11,14,20H,3,5,7-10,12H2,1-2H3. The largest absolute Gasteiger partial charge is 0.496 e. The van der Waals surface area contributed by atoms with Crippen LogP contribution in [0.2, 0.25) is 0 Å². The molecule has 132 valence electrons. The molecule has 1 aromatic rings. The van der Waals surface area contributed by atoms with Gasteiger partial charge in [0, 0.05) is 36.4 Å². The molecular weight excluding hydrogens is 372 g/mol. The van der Waals surface area contributed by atoms with Crippen LogP contribution < -0.4 is 10.1 Å². The molecule has 1 fully saturated rings. The topological polar surface area (TPSA) is 58.6 Å². The number of halogens is 1. The predicted molar refractivity (Wildman–Crippen MR) is 97.5 cm³/mol. The van der Waals surface area contributed by atoms with Crippen LogP contribution in [0, 0.1) is 0 Å². The summed E-state index contributed by atoms with van der Waals surface area (Å²) in [7, 11) is 1.54. The summed E-state index contributed by atoms with van der Waals surface area (Å²) in [6.45, 7) is 4.62. The van der Waals surface area contributed by atoms with Gasteiger partial charge in [-0.25, -0.2) is 0 Å². The molecule has 0 bridgehead atoms. The van der Waals surface area contributed by atoms with Gasteiger partial charge in [-0.1, -0.05) is 22.9 Å². The number of carbonyl (C=O) groups is 2. The molecule has 0 saturated carbocycles. The number of hydrogen-bond donors (Lipinski definition) is 1. The van der Waals surface area contributed by atoms with E-state index in [1.54, 1.807) is 19.2 Å². The Morgan fingerprint density at radius 2 is 2.17 bits per heavy atom. The first-order valence-electron chi connectivity index (χ1n) is 8.43. The SMILES string of the molecule is CCCN(C(=O)CCC(=O)c1cc(Br)ccc1OC)C1CCNC1. The van der Waals surface area contributed by atoms with E-state index in [4.69, 9.17) is 4.74 Å². The number of nitrogens with zero attached hydrogens (tertiary/aromatic N) is 1. The molecule has 0 aliphatic carbocycles. The summed E-state index contributed by atoms with van der Waals surface area (Å²) in [5, 5.41) is 3.30. The Morgan fingerprint density at radius 3 is 2.79 bits per heavy atom. The number of nitrogens with one attached hydrogen (secondary N) is 1. The van der Waals surface area contributed by atoms with Crippen LogP contribution in [0.25, 0.3) is 0 Å². The van der Waals surface area contributed by atoms with E-state index < -0.39 is 0 Å². The minimum Gasteiger partial charge on any atom is -0.496 e. The van der Waals surface area contributed by atoms with Crippen molar-refractivity contribution in [1.29, 1.82) is 0 Å². The second-order valence-corrected chi connectivity index (χ2v) is 6.92. The average Bonchev–Trinajstić information content (AvgIpc) is 3.11. The minimum atomic E-state index is -0.0671. The maximum atomic E-state index is 12.6. The third-order valence-electron chi connectivity index (χ3n) is 4.29. The van der Waals surface area contributed by atoms with Gasteiger partial charge in [0.15, 0.2) is 5.78 Å². The third kappa shape index (κ3) is 4.80. The highest BCUT2D eigenvalue weighted by Gasteiger charge is 2.26. The number of rotatable bonds is 8. The third-order valence-corrected chi connectivity index (χ3v) is 4.78. The Labute approximate surface area is 151 Å². The molecule has 1 amide bonds. The van der Waals surface area contributed by atoms with Crippen molar-refractivity contribution in [3.8, 4) is 5.75 Å². The van der Waals surface area contributed by atoms with E-state index in [1.165, 1.54) is 0 Å². The van der Waals surface area contributed by atoms with Crippen LogP contribution in [0.1, 0.15) is 43.0 Å². The van der Waals surface area contributed by atoms with E-state index in [2.05, 4.69) is 28.2 Å². The molecule has 1 atom stereocenters. The molecule has 1 unspecified atom stereocenters. The van der Waals surface area contributed by atoms with Gasteiger partial charge in [-0.05, 0) is 37.6 Å². The van der Waals surface area contributed by atoms with Crippen LogP contribution in [-0.4, -0.2) is 49.4 Å². The van der Waals surface area contributed by atoms with Crippen molar-refractivity contribution < 1.29 is 14.3 Å². The highest BCUT2D eigenvalue weighted by molar-refractivity contribution is 9.10. The van der Waals surface area contributed by atoms with E-state index in [-0.39, 0.29) is 30.6 Å². The lowest BCUT2D eigenvalue weighted by atomic mass is 10.0. The van der Waals surface area contributed by atoms with Crippen LogP contribution in [0.3, 0.4) is 0 Å². The van der Waals surface area contributed by atoms with Crippen LogP contribution in [0.5, 0.6) is 5.75 Å². The maximum absolute atomic E-state index is 12.6. The van der Waals surface area contributed by atoms with E-state index in [9.17, 15) is 9.59 Å². The number of Topliss-reactive ketones (excluding diaryl/α,β-unsaturated/α-hetero) is 1. The first-order valence-corrected chi connectivity index (χ1v) is 9.23. The monoisotopic (exact) mass is 396 g/mol. The second kappa shape index (κ2) is 9.18. The van der Waals surface area contributed by atoms with E-state index in [1.807, 2.05) is 11.0 Å². The molecule has 5 nitrogen and oxygen atoms in total. The average molecular weight is 397 g/mol. The molecule has 1 saturated heterocycles. The van der Waals surface area contributed by atoms with Crippen molar-refractivity contribution in [3.05, 3.63) is 28.2 Å². The molecule has 1 N–H and O–H groups in total. The molecule has 1 aromatic carbocycles. The zero-order valence-corrected chi connectivity index (χ0v) is 15.9. The molecule has 1 heterocycles. The fraction of sp³-hybridized carbons (Fsp3) is 0.556. The van der Waals surface area contributed by atoms with Gasteiger partial charge in [0.25, 0.3) is 0 Å². The van der Waals surface area contributed by atoms with E-state index in [0.29, 0.717) is 11.3 Å². The second-order valence-electron chi connectivity index (χ2n) is 6.00. The van der Waals surface area contributed by atoms with Gasteiger partial charge in [-0.2, -0.15) is 0 Å². The highest BCUT2D eigenvalue weighted by atomic mass is 79.9. The summed E-state index contributed by atoms with van der Waals surface area (Å²) in [6.07, 6.45) is 2.35. The van der Waals surface area contributed by atoms with Gasteiger partial charge in [0.1, 0.15) is 5.75 Å². The van der Waals surface area contributed by atoms with Crippen LogP contribution in [-0.2, 0) is 4.79 Å². The number of hydrogen-bond acceptors (Lipinski definition) is 4. The molecular formula is C18H25BrN2O3. The van der Waals surface area contributed by atoms with Gasteiger partial charge in [0.05, 0.1) is 12.7 Å². The van der Waals surface area contributed by atoms with Gasteiger partial charge in [-0.15, -0.1) is 0 Å². The Kier molecular flexibility index (Phi) is 7.24. The number of amides is 1. The Morgan fingerprint density at radius 1 is 1.38 bits per heavy atom. The van der Waals surface area contributed by atoms with Gasteiger partial charge in [-0.3, -0.25) is 9.59 Å². The summed E-state index contributed by atoms with van der Waals surface area (Å²) >= 11 is 3.37. The number of carbonyl (C=O) groups excluding carboxylic acids is 2. The van der Waals surface area contributed by atoms with Crippen molar-refractivity contribution in [3.63, 3.8) is 0 Å². The number of methoxy groups -OCH3 is 1. The fourth-order valence-electron chi connectivity index (χ4n) is 3.05. The van der Waals surface area contributed by atoms with E-state index >= 15 is 0 Å². The molecule has 24 heavy (non-hydrogen) atoms. The van der Waals surface area contributed by atoms with Crippen molar-refractivity contribution >= 4 is 27.6 Å². The number of ether oxygens (including phenoxy) is 1. The van der Waals surface area contributed by atoms with Gasteiger partial charge >= 0.3 is 0 Å². The lowest BCUT2D eigenvalue weighted by molar-refractivity contribution is -0.133. The summed E-state index contributed by atoms with van der Waals surface area (Å²) in [5.41, 5.74) is 0.518. The maximum Gasteiger partial charge on any atom is 0.223 e. The highest BCUT2D eigenvalue weighted by Crippen LogP contribution is 2.25. The van der Waals surface area contributed by atoms with Crippen molar-refractivity contribution in [2.75, 3.05) is 26.7 Å². The lowest BCUT2D eigenvalue weighted by Gasteiger charge is -2.28. The van der Waals surface area contributed by atoms with Crippen LogP contribution >= 0.6 is 15.9 Å². The molecule has 6 heteroatoms. The normalized spacial score (nSPS) is 16.9. The van der Waals surface area contributed by atoms with Crippen LogP contribution in [0.15, 0.2) is 22.7 Å². The Bertz CT molecular complexity index is 586. The molecule has 0 radical (unpaired) electrons. The van der Waals surface area contributed by atoms with Crippen LogP contribution in [0.4, 0.5) is 0 Å². The quantitative estimate of drug-likeness (QED) is 0.686. The molecule has 2 rings (SSSR count). The summed E-state index contributed by atoms with van der Waals surface area (Å²) in [4.78, 5) is 27.0. The summed E-state index contributed by atoms with van der Waals surface area (Å²) in [5.74, 6) is 0.538. The van der Waals surface area contributed by atoms with Gasteiger partial charge < -0.3 is 15.0 Å². The Balaban J connectivity index is 1.99. The first kappa shape index (κ1) is 18.9. The molecule has 1 aliphatic heterocycles. The zero-order chi connectivity index (χ0) is 17.5. The van der Waals surface area contributed by atoms with Crippen molar-refractivity contribution in [1.82, 2.24) is 10.2 Å². The Hall–Kier alpha value is -1.40. The molecule has 0 spiro atoms. The predicted octanol–water partition coefficient (Wildman–Crippen LogP) is 3.02. The van der Waals surface area contributed by atoms with Crippen molar-refractivity contribution in [2.45, 2.75) is 38.6 Å². The fourth-order valence-corrected chi connectivity index (χ4v) is 3.42. The van der Waals surface area contributed by atoms with Crippen molar-refractivity contribution in [2.24, 2.45) is 0 Å². The summed E-state index contributed by atoms with van der Waals surface area (Å²) < 4.78 is 6.07. The van der Waals surface area contributed by atoms with Gasteiger partial charge in [0.2, 0.25) is 5.91 Å². The lowest BCUT2D eigenvalue weighted by Crippen LogP contribution is -2.42. The molecule has 0 aromatic heterocycles. The molecule has 1 aliphatic rings. The summed E-state index contributed by atoms with van der Waals surface area (Å²) in [6, 6.07) is 5.59.